The summed E-state index contributed by atoms with van der Waals surface area (Å²) in [5, 5.41) is 8.92. The molecular weight excluding hydrogens is 384 g/mol. The highest BCUT2D eigenvalue weighted by atomic mass is 16.2. The second-order valence-corrected chi connectivity index (χ2v) is 8.40. The van der Waals surface area contributed by atoms with Crippen LogP contribution in [0.15, 0.2) is 23.1 Å². The molecule has 0 aromatic carbocycles. The van der Waals surface area contributed by atoms with Gasteiger partial charge in [0.15, 0.2) is 5.82 Å². The van der Waals surface area contributed by atoms with E-state index >= 15 is 0 Å². The number of rotatable bonds is 4. The van der Waals surface area contributed by atoms with Gasteiger partial charge in [-0.2, -0.15) is 0 Å². The minimum absolute atomic E-state index is 0.0324. The van der Waals surface area contributed by atoms with Crippen LogP contribution in [0, 0.1) is 12.8 Å². The first-order valence-corrected chi connectivity index (χ1v) is 10.5. The molecule has 156 valence electrons. The Labute approximate surface area is 173 Å². The van der Waals surface area contributed by atoms with E-state index in [1.54, 1.807) is 29.8 Å². The maximum Gasteiger partial charge on any atom is 0.296 e. The Morgan fingerprint density at radius 2 is 2.00 bits per heavy atom. The van der Waals surface area contributed by atoms with Crippen molar-refractivity contribution in [1.82, 2.24) is 19.9 Å². The first-order chi connectivity index (χ1) is 14.5. The number of hydrogen-bond acceptors (Lipinski definition) is 6. The van der Waals surface area contributed by atoms with Gasteiger partial charge in [0.1, 0.15) is 17.2 Å². The van der Waals surface area contributed by atoms with Crippen molar-refractivity contribution in [1.29, 1.82) is 0 Å². The molecule has 2 aromatic rings. The van der Waals surface area contributed by atoms with Gasteiger partial charge in [0.25, 0.3) is 11.5 Å². The van der Waals surface area contributed by atoms with Gasteiger partial charge in [-0.1, -0.05) is 6.42 Å². The highest BCUT2D eigenvalue weighted by Gasteiger charge is 2.45. The zero-order chi connectivity index (χ0) is 20.9. The van der Waals surface area contributed by atoms with Crippen molar-refractivity contribution in [2.75, 3.05) is 10.6 Å². The number of nitrogens with zero attached hydrogens (tertiary/aromatic N) is 3. The van der Waals surface area contributed by atoms with Crippen molar-refractivity contribution in [2.24, 2.45) is 5.92 Å². The van der Waals surface area contributed by atoms with Gasteiger partial charge in [-0.25, -0.2) is 9.97 Å². The number of amides is 2. The number of carbonyl (C=O) groups is 2. The van der Waals surface area contributed by atoms with Gasteiger partial charge in [-0.05, 0) is 51.5 Å². The van der Waals surface area contributed by atoms with E-state index in [0.717, 1.165) is 44.9 Å². The van der Waals surface area contributed by atoms with Crippen molar-refractivity contribution >= 4 is 29.1 Å². The molecule has 0 saturated heterocycles. The molecule has 2 fully saturated rings. The van der Waals surface area contributed by atoms with Gasteiger partial charge in [-0.3, -0.25) is 19.0 Å². The molecule has 3 N–H and O–H groups in total. The van der Waals surface area contributed by atoms with E-state index < -0.39 is 5.66 Å². The predicted molar refractivity (Wildman–Crippen MR) is 111 cm³/mol. The van der Waals surface area contributed by atoms with Crippen molar-refractivity contribution < 1.29 is 9.59 Å². The second kappa shape index (κ2) is 6.93. The summed E-state index contributed by atoms with van der Waals surface area (Å²) in [7, 11) is 0. The summed E-state index contributed by atoms with van der Waals surface area (Å²) < 4.78 is 1.61. The van der Waals surface area contributed by atoms with E-state index in [2.05, 4.69) is 25.9 Å². The maximum absolute atomic E-state index is 13.4. The predicted octanol–water partition coefficient (Wildman–Crippen LogP) is 2.40. The minimum atomic E-state index is -0.659. The van der Waals surface area contributed by atoms with Crippen LogP contribution in [0.3, 0.4) is 0 Å². The number of nitrogens with one attached hydrogen (secondary N) is 3. The SMILES string of the molecule is Cc1nc(Nc2ccnc(NC(=O)C3CC3)c2)c(=O)n2c1C(=O)NC21CCCCC1. The van der Waals surface area contributed by atoms with E-state index in [9.17, 15) is 14.4 Å². The number of aryl methyl sites for hydroxylation is 1. The van der Waals surface area contributed by atoms with Crippen molar-refractivity contribution in [3.05, 3.63) is 40.1 Å². The zero-order valence-electron chi connectivity index (χ0n) is 16.8. The molecule has 0 bridgehead atoms. The smallest absolute Gasteiger partial charge is 0.296 e. The van der Waals surface area contributed by atoms with E-state index in [1.165, 1.54) is 0 Å². The van der Waals surface area contributed by atoms with Gasteiger partial charge in [0, 0.05) is 23.9 Å². The molecule has 3 aliphatic rings. The topological polar surface area (TPSA) is 118 Å². The van der Waals surface area contributed by atoms with Crippen LogP contribution < -0.4 is 21.5 Å². The van der Waals surface area contributed by atoms with Crippen LogP contribution in [0.1, 0.15) is 61.1 Å². The summed E-state index contributed by atoms with van der Waals surface area (Å²) in [6.45, 7) is 1.74. The highest BCUT2D eigenvalue weighted by molar-refractivity contribution is 5.96. The fourth-order valence-corrected chi connectivity index (χ4v) is 4.49. The molecule has 3 heterocycles. The molecule has 5 rings (SSSR count). The lowest BCUT2D eigenvalue weighted by molar-refractivity contribution is -0.117. The fraction of sp³-hybridized carbons (Fsp3) is 0.476. The van der Waals surface area contributed by atoms with Gasteiger partial charge >= 0.3 is 0 Å². The van der Waals surface area contributed by atoms with E-state index in [-0.39, 0.29) is 29.1 Å². The van der Waals surface area contributed by atoms with Gasteiger partial charge in [-0.15, -0.1) is 0 Å². The normalized spacial score (nSPS) is 19.3. The Morgan fingerprint density at radius 1 is 1.23 bits per heavy atom. The largest absolute Gasteiger partial charge is 0.335 e. The van der Waals surface area contributed by atoms with Crippen LogP contribution in [-0.4, -0.2) is 26.3 Å². The molecule has 9 nitrogen and oxygen atoms in total. The molecular formula is C21H24N6O3. The standard InChI is InChI=1S/C21H24N6O3/c1-12-16-19(29)26-21(8-3-2-4-9-21)27(16)20(30)17(23-12)24-14-7-10-22-15(11-14)25-18(28)13-5-6-13/h7,10-11,13H,2-6,8-9H2,1H3,(H,26,29)(H2,22,23,24,25,28). The summed E-state index contributed by atoms with van der Waals surface area (Å²) in [5.41, 5.74) is 0.466. The molecule has 30 heavy (non-hydrogen) atoms. The van der Waals surface area contributed by atoms with Crippen LogP contribution in [0.25, 0.3) is 0 Å². The molecule has 1 aliphatic heterocycles. The molecule has 0 radical (unpaired) electrons. The van der Waals surface area contributed by atoms with Gasteiger partial charge in [0.05, 0.1) is 5.69 Å². The third-order valence-electron chi connectivity index (χ3n) is 6.14. The first-order valence-electron chi connectivity index (χ1n) is 10.5. The molecule has 0 atom stereocenters. The highest BCUT2D eigenvalue weighted by Crippen LogP contribution is 2.37. The average Bonchev–Trinajstić information content (AvgIpc) is 3.52. The number of pyridine rings is 1. The van der Waals surface area contributed by atoms with Crippen LogP contribution in [0.5, 0.6) is 0 Å². The number of hydrogen-bond donors (Lipinski definition) is 3. The lowest BCUT2D eigenvalue weighted by Crippen LogP contribution is -2.49. The van der Waals surface area contributed by atoms with Crippen molar-refractivity contribution in [3.8, 4) is 0 Å². The summed E-state index contributed by atoms with van der Waals surface area (Å²) in [6.07, 6.45) is 7.89. The van der Waals surface area contributed by atoms with Crippen LogP contribution in [0.2, 0.25) is 0 Å². The van der Waals surface area contributed by atoms with Crippen molar-refractivity contribution in [2.45, 2.75) is 57.5 Å². The summed E-state index contributed by atoms with van der Waals surface area (Å²) in [5.74, 6) is 0.388. The monoisotopic (exact) mass is 408 g/mol. The van der Waals surface area contributed by atoms with E-state index in [1.807, 2.05) is 0 Å². The fourth-order valence-electron chi connectivity index (χ4n) is 4.49. The Hall–Kier alpha value is -3.23. The molecule has 2 amide bonds. The van der Waals surface area contributed by atoms with Gasteiger partial charge < -0.3 is 16.0 Å². The third-order valence-corrected chi connectivity index (χ3v) is 6.14. The van der Waals surface area contributed by atoms with Crippen LogP contribution in [0.4, 0.5) is 17.3 Å². The van der Waals surface area contributed by atoms with Crippen LogP contribution >= 0.6 is 0 Å². The Balaban J connectivity index is 1.48. The van der Waals surface area contributed by atoms with Crippen molar-refractivity contribution in [3.63, 3.8) is 0 Å². The first kappa shape index (κ1) is 18.8. The molecule has 9 heteroatoms. The molecule has 2 aromatic heterocycles. The molecule has 0 unspecified atom stereocenters. The summed E-state index contributed by atoms with van der Waals surface area (Å²) >= 11 is 0. The Bertz CT molecular complexity index is 1100. The lowest BCUT2D eigenvalue weighted by atomic mass is 9.89. The number of anilines is 3. The van der Waals surface area contributed by atoms with E-state index in [4.69, 9.17) is 0 Å². The number of fused-ring (bicyclic) bond motifs is 2. The molecule has 1 spiro atoms. The Morgan fingerprint density at radius 3 is 2.73 bits per heavy atom. The van der Waals surface area contributed by atoms with E-state index in [0.29, 0.717) is 22.9 Å². The lowest BCUT2D eigenvalue weighted by Gasteiger charge is -2.35. The second-order valence-electron chi connectivity index (χ2n) is 8.40. The number of aromatic nitrogens is 3. The molecule has 2 saturated carbocycles. The summed E-state index contributed by atoms with van der Waals surface area (Å²) in [6, 6.07) is 3.38. The minimum Gasteiger partial charge on any atom is -0.335 e. The zero-order valence-corrected chi connectivity index (χ0v) is 16.8. The Kier molecular flexibility index (Phi) is 4.34. The third kappa shape index (κ3) is 3.14. The average molecular weight is 408 g/mol. The van der Waals surface area contributed by atoms with Gasteiger partial charge in [0.2, 0.25) is 5.91 Å². The number of carbonyl (C=O) groups excluding carboxylic acids is 2. The molecule has 2 aliphatic carbocycles. The summed E-state index contributed by atoms with van der Waals surface area (Å²) in [4.78, 5) is 46.5. The van der Waals surface area contributed by atoms with Crippen LogP contribution in [-0.2, 0) is 10.5 Å². The maximum atomic E-state index is 13.4. The quantitative estimate of drug-likeness (QED) is 0.715.